The Morgan fingerprint density at radius 3 is 2.41 bits per heavy atom. The Balaban J connectivity index is 0.00000210. The summed E-state index contributed by atoms with van der Waals surface area (Å²) in [4.78, 5) is 16.7. The van der Waals surface area contributed by atoms with E-state index in [0.717, 1.165) is 12.1 Å². The van der Waals surface area contributed by atoms with Crippen LogP contribution in [0.15, 0.2) is 42.5 Å². The lowest BCUT2D eigenvalue weighted by atomic mass is 9.89. The molecule has 2 aromatic carbocycles. The number of aromatic hydroxyl groups is 2. The van der Waals surface area contributed by atoms with E-state index in [1.165, 1.54) is 24.3 Å². The lowest BCUT2D eigenvalue weighted by Crippen LogP contribution is -2.33. The van der Waals surface area contributed by atoms with Crippen molar-refractivity contribution >= 4 is 18.3 Å². The van der Waals surface area contributed by atoms with Crippen molar-refractivity contribution in [2.24, 2.45) is 11.8 Å². The summed E-state index contributed by atoms with van der Waals surface area (Å²) in [5, 5.41) is 19.9. The lowest BCUT2D eigenvalue weighted by Gasteiger charge is -2.27. The van der Waals surface area contributed by atoms with Crippen LogP contribution < -0.4 is 0 Å². The van der Waals surface area contributed by atoms with Gasteiger partial charge in [-0.1, -0.05) is 18.2 Å². The molecular formula is C20H22ClFN2O3. The molecule has 0 saturated carbocycles. The van der Waals surface area contributed by atoms with Gasteiger partial charge in [0.05, 0.1) is 0 Å². The van der Waals surface area contributed by atoms with Gasteiger partial charge in [0.1, 0.15) is 22.9 Å². The molecule has 0 radical (unpaired) electrons. The van der Waals surface area contributed by atoms with E-state index in [1.807, 2.05) is 13.1 Å². The van der Waals surface area contributed by atoms with Crippen molar-refractivity contribution in [2.45, 2.75) is 6.04 Å². The summed E-state index contributed by atoms with van der Waals surface area (Å²) in [6, 6.07) is 11.0. The molecular weight excluding hydrogens is 371 g/mol. The average molecular weight is 393 g/mol. The summed E-state index contributed by atoms with van der Waals surface area (Å²) < 4.78 is 13.7. The van der Waals surface area contributed by atoms with Crippen molar-refractivity contribution in [1.82, 2.24) is 9.80 Å². The van der Waals surface area contributed by atoms with Crippen molar-refractivity contribution in [1.29, 1.82) is 0 Å². The number of amides is 1. The van der Waals surface area contributed by atoms with Crippen LogP contribution in [0, 0.1) is 17.7 Å². The van der Waals surface area contributed by atoms with Gasteiger partial charge in [0.2, 0.25) is 0 Å². The molecule has 2 aliphatic heterocycles. The summed E-state index contributed by atoms with van der Waals surface area (Å²) in [5.74, 6) is -0.583. The van der Waals surface area contributed by atoms with E-state index < -0.39 is 0 Å². The lowest BCUT2D eigenvalue weighted by molar-refractivity contribution is 0.0761. The monoisotopic (exact) mass is 392 g/mol. The van der Waals surface area contributed by atoms with Crippen LogP contribution in [0.3, 0.4) is 0 Å². The first-order valence-corrected chi connectivity index (χ1v) is 8.71. The smallest absolute Gasteiger partial charge is 0.261 e. The van der Waals surface area contributed by atoms with Crippen LogP contribution in [-0.4, -0.2) is 52.6 Å². The topological polar surface area (TPSA) is 64.0 Å². The molecule has 5 nitrogen and oxygen atoms in total. The van der Waals surface area contributed by atoms with Gasteiger partial charge < -0.3 is 15.1 Å². The van der Waals surface area contributed by atoms with Gasteiger partial charge in [-0.3, -0.25) is 9.69 Å². The van der Waals surface area contributed by atoms with Crippen LogP contribution in [0.4, 0.5) is 4.39 Å². The highest BCUT2D eigenvalue weighted by atomic mass is 35.5. The highest BCUT2D eigenvalue weighted by Crippen LogP contribution is 2.45. The first-order valence-electron chi connectivity index (χ1n) is 8.71. The molecule has 144 valence electrons. The van der Waals surface area contributed by atoms with Gasteiger partial charge in [0.15, 0.2) is 0 Å². The minimum Gasteiger partial charge on any atom is -0.507 e. The maximum absolute atomic E-state index is 13.7. The van der Waals surface area contributed by atoms with Crippen molar-refractivity contribution in [3.05, 3.63) is 59.4 Å². The maximum atomic E-state index is 13.7. The fraction of sp³-hybridized carbons (Fsp3) is 0.350. The molecule has 2 aromatic rings. The molecule has 0 aromatic heterocycles. The number of fused-ring (bicyclic) bond motifs is 1. The van der Waals surface area contributed by atoms with Crippen LogP contribution in [0.1, 0.15) is 22.0 Å². The normalized spacial score (nSPS) is 24.5. The fourth-order valence-corrected chi connectivity index (χ4v) is 4.52. The van der Waals surface area contributed by atoms with Crippen LogP contribution in [0.25, 0.3) is 0 Å². The number of hydrogen-bond donors (Lipinski definition) is 2. The minimum absolute atomic E-state index is 0. The number of nitrogens with zero attached hydrogens (tertiary/aromatic N) is 2. The molecule has 2 aliphatic rings. The largest absolute Gasteiger partial charge is 0.507 e. The first kappa shape index (κ1) is 19.5. The van der Waals surface area contributed by atoms with E-state index >= 15 is 0 Å². The summed E-state index contributed by atoms with van der Waals surface area (Å²) in [5.41, 5.74) is 0.864. The Kier molecular flexibility index (Phi) is 5.31. The molecule has 2 N–H and O–H groups in total. The number of phenolic OH excluding ortho intramolecular Hbond substituents is 2. The Morgan fingerprint density at radius 2 is 1.74 bits per heavy atom. The highest BCUT2D eigenvalue weighted by Gasteiger charge is 2.47. The molecule has 0 aliphatic carbocycles. The summed E-state index contributed by atoms with van der Waals surface area (Å²) >= 11 is 0. The predicted molar refractivity (Wildman–Crippen MR) is 102 cm³/mol. The Labute approximate surface area is 163 Å². The number of phenols is 2. The molecule has 27 heavy (non-hydrogen) atoms. The van der Waals surface area contributed by atoms with Gasteiger partial charge in [-0.25, -0.2) is 4.39 Å². The van der Waals surface area contributed by atoms with E-state index in [4.69, 9.17) is 0 Å². The summed E-state index contributed by atoms with van der Waals surface area (Å²) in [6.45, 7) is 1.90. The van der Waals surface area contributed by atoms with E-state index in [9.17, 15) is 19.4 Å². The predicted octanol–water partition coefficient (Wildman–Crippen LogP) is 3.03. The molecule has 4 rings (SSSR count). The maximum Gasteiger partial charge on any atom is 0.261 e. The second-order valence-corrected chi connectivity index (χ2v) is 7.24. The van der Waals surface area contributed by atoms with Gasteiger partial charge in [-0.15, -0.1) is 12.4 Å². The van der Waals surface area contributed by atoms with Crippen molar-refractivity contribution in [3.8, 4) is 11.5 Å². The zero-order valence-corrected chi connectivity index (χ0v) is 15.7. The van der Waals surface area contributed by atoms with Crippen molar-refractivity contribution < 1.29 is 19.4 Å². The third kappa shape index (κ3) is 3.35. The van der Waals surface area contributed by atoms with Crippen LogP contribution in [0.2, 0.25) is 0 Å². The zero-order valence-electron chi connectivity index (χ0n) is 14.9. The van der Waals surface area contributed by atoms with Gasteiger partial charge in [-0.2, -0.15) is 0 Å². The molecule has 0 bridgehead atoms. The van der Waals surface area contributed by atoms with Gasteiger partial charge in [0.25, 0.3) is 5.91 Å². The van der Waals surface area contributed by atoms with E-state index in [-0.39, 0.29) is 59.1 Å². The number of rotatable bonds is 2. The minimum atomic E-state index is -0.365. The van der Waals surface area contributed by atoms with E-state index in [2.05, 4.69) is 4.90 Å². The summed E-state index contributed by atoms with van der Waals surface area (Å²) in [6.07, 6.45) is 0. The number of carbonyl (C=O) groups is 1. The summed E-state index contributed by atoms with van der Waals surface area (Å²) in [7, 11) is 2.02. The number of carbonyl (C=O) groups excluding carboxylic acids is 1. The molecule has 3 atom stereocenters. The van der Waals surface area contributed by atoms with Crippen LogP contribution >= 0.6 is 12.4 Å². The number of likely N-dealkylation sites (tertiary alicyclic amines) is 2. The van der Waals surface area contributed by atoms with Crippen LogP contribution in [-0.2, 0) is 0 Å². The zero-order chi connectivity index (χ0) is 18.4. The molecule has 2 saturated heterocycles. The number of halogens is 2. The first-order chi connectivity index (χ1) is 12.5. The van der Waals surface area contributed by atoms with E-state index in [1.54, 1.807) is 17.0 Å². The average Bonchev–Trinajstić information content (AvgIpc) is 3.11. The van der Waals surface area contributed by atoms with Gasteiger partial charge >= 0.3 is 0 Å². The second-order valence-electron chi connectivity index (χ2n) is 7.24. The molecule has 0 unspecified atom stereocenters. The Morgan fingerprint density at radius 1 is 1.07 bits per heavy atom. The Hall–Kier alpha value is -2.31. The standard InChI is InChI=1S/C20H21FN2O3.ClH/c1-22-9-13-10-23(20(26)18-16(24)6-3-7-17(18)25)11-15(13)19(22)12-4-2-5-14(21)8-12;/h2-8,13,15,19,24-25H,9-11H2,1H3;1H/t13-,15+,19-;/m0./s1. The van der Waals surface area contributed by atoms with Gasteiger partial charge in [0, 0.05) is 31.6 Å². The quantitative estimate of drug-likeness (QED) is 0.824. The molecule has 2 heterocycles. The fourth-order valence-electron chi connectivity index (χ4n) is 4.52. The molecule has 1 amide bonds. The van der Waals surface area contributed by atoms with Crippen molar-refractivity contribution in [3.63, 3.8) is 0 Å². The highest BCUT2D eigenvalue weighted by molar-refractivity contribution is 5.99. The van der Waals surface area contributed by atoms with E-state index in [0.29, 0.717) is 13.1 Å². The Bertz CT molecular complexity index is 843. The molecule has 0 spiro atoms. The van der Waals surface area contributed by atoms with Crippen molar-refractivity contribution in [2.75, 3.05) is 26.7 Å². The number of hydrogen-bond acceptors (Lipinski definition) is 4. The number of benzene rings is 2. The van der Waals surface area contributed by atoms with Gasteiger partial charge in [-0.05, 0) is 42.8 Å². The third-order valence-corrected chi connectivity index (χ3v) is 5.61. The molecule has 2 fully saturated rings. The second kappa shape index (κ2) is 7.37. The SMILES string of the molecule is CN1C[C@H]2CN(C(=O)c3c(O)cccc3O)C[C@H]2[C@@H]1c1cccc(F)c1.Cl. The van der Waals surface area contributed by atoms with Crippen LogP contribution in [0.5, 0.6) is 11.5 Å². The molecule has 7 heteroatoms. The third-order valence-electron chi connectivity index (χ3n) is 5.61.